The number of nitrogens with zero attached hydrogens (tertiary/aromatic N) is 1. The Balaban J connectivity index is 2.92. The zero-order chi connectivity index (χ0) is 12.5. The average molecular weight is 226 g/mol. The van der Waals surface area contributed by atoms with E-state index in [0.717, 1.165) is 4.90 Å². The summed E-state index contributed by atoms with van der Waals surface area (Å²) in [4.78, 5) is 24.7. The predicted molar refractivity (Wildman–Crippen MR) is 59.3 cm³/mol. The van der Waals surface area contributed by atoms with Crippen molar-refractivity contribution in [2.24, 2.45) is 11.1 Å². The van der Waals surface area contributed by atoms with Gasteiger partial charge < -0.3 is 10.8 Å². The molecule has 2 atom stereocenters. The fourth-order valence-corrected chi connectivity index (χ4v) is 1.66. The van der Waals surface area contributed by atoms with Crippen LogP contribution in [0.4, 0.5) is 0 Å². The van der Waals surface area contributed by atoms with Crippen molar-refractivity contribution in [1.29, 1.82) is 0 Å². The molecule has 1 aliphatic rings. The van der Waals surface area contributed by atoms with Gasteiger partial charge in [0.1, 0.15) is 12.3 Å². The number of aliphatic hydroxyl groups excluding tert-OH is 1. The van der Waals surface area contributed by atoms with E-state index in [1.54, 1.807) is 20.8 Å². The van der Waals surface area contributed by atoms with Gasteiger partial charge in [0, 0.05) is 18.0 Å². The van der Waals surface area contributed by atoms with Gasteiger partial charge in [0.15, 0.2) is 5.78 Å². The summed E-state index contributed by atoms with van der Waals surface area (Å²) in [5.41, 5.74) is 4.93. The van der Waals surface area contributed by atoms with Gasteiger partial charge in [0.05, 0.1) is 0 Å². The quantitative estimate of drug-likeness (QED) is 0.688. The van der Waals surface area contributed by atoms with Crippen LogP contribution in [0, 0.1) is 5.41 Å². The Hall–Kier alpha value is -1.20. The number of ketones is 1. The summed E-state index contributed by atoms with van der Waals surface area (Å²) in [5.74, 6) is -0.522. The third-order valence-electron chi connectivity index (χ3n) is 2.55. The van der Waals surface area contributed by atoms with Crippen LogP contribution in [0.3, 0.4) is 0 Å². The third-order valence-corrected chi connectivity index (χ3v) is 2.55. The zero-order valence-corrected chi connectivity index (χ0v) is 9.80. The number of nitrogens with two attached hydrogens (primary N) is 1. The largest absolute Gasteiger partial charge is 0.370 e. The van der Waals surface area contributed by atoms with E-state index in [2.05, 4.69) is 0 Å². The number of hydrogen-bond acceptors (Lipinski definition) is 4. The number of aliphatic hydroxyl groups is 1. The maximum atomic E-state index is 12.1. The second-order valence-corrected chi connectivity index (χ2v) is 4.88. The first-order valence-corrected chi connectivity index (χ1v) is 5.22. The van der Waals surface area contributed by atoms with Crippen molar-refractivity contribution in [2.45, 2.75) is 33.0 Å². The lowest BCUT2D eigenvalue weighted by Crippen LogP contribution is -2.53. The molecule has 1 amide bonds. The number of carbonyl (C=O) groups is 2. The third kappa shape index (κ3) is 2.31. The fraction of sp³-hybridized carbons (Fsp3) is 0.636. The van der Waals surface area contributed by atoms with Crippen LogP contribution in [0.15, 0.2) is 12.2 Å². The highest BCUT2D eigenvalue weighted by Gasteiger charge is 2.38. The van der Waals surface area contributed by atoms with Crippen LogP contribution in [0.5, 0.6) is 0 Å². The molecule has 16 heavy (non-hydrogen) atoms. The summed E-state index contributed by atoms with van der Waals surface area (Å²) in [6, 6.07) is -0.766. The van der Waals surface area contributed by atoms with E-state index in [1.165, 1.54) is 12.2 Å². The smallest absolute Gasteiger partial charge is 0.249 e. The van der Waals surface area contributed by atoms with E-state index >= 15 is 0 Å². The van der Waals surface area contributed by atoms with Crippen LogP contribution in [-0.4, -0.2) is 40.5 Å². The van der Waals surface area contributed by atoms with E-state index in [9.17, 15) is 14.7 Å². The molecule has 1 unspecified atom stereocenters. The zero-order valence-electron chi connectivity index (χ0n) is 9.80. The molecule has 0 fully saturated rings. The number of amides is 1. The molecule has 3 N–H and O–H groups in total. The van der Waals surface area contributed by atoms with Crippen LogP contribution in [0.25, 0.3) is 0 Å². The van der Waals surface area contributed by atoms with Crippen molar-refractivity contribution < 1.29 is 14.7 Å². The molecule has 1 rings (SSSR count). The highest BCUT2D eigenvalue weighted by atomic mass is 16.3. The maximum absolute atomic E-state index is 12.1. The molecule has 0 aromatic carbocycles. The molecular formula is C11H18N2O3. The van der Waals surface area contributed by atoms with Crippen LogP contribution >= 0.6 is 0 Å². The normalized spacial score (nSPS) is 22.7. The van der Waals surface area contributed by atoms with E-state index in [1.807, 2.05) is 0 Å². The lowest BCUT2D eigenvalue weighted by molar-refractivity contribution is -0.145. The van der Waals surface area contributed by atoms with Gasteiger partial charge in [0.25, 0.3) is 0 Å². The minimum Gasteiger partial charge on any atom is -0.370 e. The molecule has 1 heterocycles. The van der Waals surface area contributed by atoms with Crippen LogP contribution < -0.4 is 5.73 Å². The van der Waals surface area contributed by atoms with E-state index in [0.29, 0.717) is 0 Å². The Morgan fingerprint density at radius 2 is 2.19 bits per heavy atom. The Morgan fingerprint density at radius 1 is 1.62 bits per heavy atom. The molecule has 0 saturated carbocycles. The highest BCUT2D eigenvalue weighted by molar-refractivity contribution is 5.97. The highest BCUT2D eigenvalue weighted by Crippen LogP contribution is 2.22. The predicted octanol–water partition coefficient (Wildman–Crippen LogP) is -0.354. The first kappa shape index (κ1) is 12.9. The van der Waals surface area contributed by atoms with Crippen molar-refractivity contribution in [1.82, 2.24) is 4.90 Å². The maximum Gasteiger partial charge on any atom is 0.249 e. The van der Waals surface area contributed by atoms with Gasteiger partial charge in [0.2, 0.25) is 5.91 Å². The summed E-state index contributed by atoms with van der Waals surface area (Å²) < 4.78 is 0. The Morgan fingerprint density at radius 3 is 2.50 bits per heavy atom. The first-order chi connectivity index (χ1) is 7.29. The summed E-state index contributed by atoms with van der Waals surface area (Å²) >= 11 is 0. The molecule has 0 bridgehead atoms. The monoisotopic (exact) mass is 226 g/mol. The van der Waals surface area contributed by atoms with Gasteiger partial charge in [-0.15, -0.1) is 0 Å². The van der Waals surface area contributed by atoms with Gasteiger partial charge in [-0.2, -0.15) is 0 Å². The molecule has 0 radical (unpaired) electrons. The summed E-state index contributed by atoms with van der Waals surface area (Å²) in [7, 11) is 0. The van der Waals surface area contributed by atoms with Gasteiger partial charge >= 0.3 is 0 Å². The topological polar surface area (TPSA) is 83.6 Å². The average Bonchev–Trinajstić information content (AvgIpc) is 2.49. The number of carbonyl (C=O) groups excluding carboxylic acids is 2. The number of Topliss-reactive ketones (excluding diaryl/α,β-unsaturated/α-hetero) is 1. The standard InChI is InChI=1S/C11H18N2O3/c1-11(2,3)10(16)7(6-12)13-8(14)4-5-9(13)15/h4-5,7-8,14H,6,12H2,1-3H3/t7-,8?/m0/s1. The molecule has 5 nitrogen and oxygen atoms in total. The minimum absolute atomic E-state index is 0.0145. The molecule has 0 spiro atoms. The lowest BCUT2D eigenvalue weighted by Gasteiger charge is -2.32. The molecule has 1 aliphatic heterocycles. The number of rotatable bonds is 3. The summed E-state index contributed by atoms with van der Waals surface area (Å²) in [5, 5.41) is 9.59. The molecule has 5 heteroatoms. The molecule has 0 aliphatic carbocycles. The Bertz CT molecular complexity index is 331. The first-order valence-electron chi connectivity index (χ1n) is 5.22. The van der Waals surface area contributed by atoms with Crippen LogP contribution in [0.1, 0.15) is 20.8 Å². The van der Waals surface area contributed by atoms with Gasteiger partial charge in [-0.3, -0.25) is 14.5 Å². The minimum atomic E-state index is -1.05. The second kappa shape index (κ2) is 4.35. The van der Waals surface area contributed by atoms with Crippen molar-refractivity contribution in [3.05, 3.63) is 12.2 Å². The van der Waals surface area contributed by atoms with Crippen molar-refractivity contribution in [3.63, 3.8) is 0 Å². The molecule has 0 saturated heterocycles. The molecule has 0 aromatic heterocycles. The molecule has 90 valence electrons. The second-order valence-electron chi connectivity index (χ2n) is 4.88. The summed E-state index contributed by atoms with van der Waals surface area (Å²) in [6.07, 6.45) is 1.55. The Labute approximate surface area is 94.9 Å². The van der Waals surface area contributed by atoms with Gasteiger partial charge in [-0.25, -0.2) is 0 Å². The molecular weight excluding hydrogens is 208 g/mol. The summed E-state index contributed by atoms with van der Waals surface area (Å²) in [6.45, 7) is 5.30. The van der Waals surface area contributed by atoms with Gasteiger partial charge in [-0.05, 0) is 6.08 Å². The van der Waals surface area contributed by atoms with E-state index in [4.69, 9.17) is 5.73 Å². The Kier molecular flexibility index (Phi) is 3.50. The number of hydrogen-bond donors (Lipinski definition) is 2. The lowest BCUT2D eigenvalue weighted by atomic mass is 9.86. The fourth-order valence-electron chi connectivity index (χ4n) is 1.66. The van der Waals surface area contributed by atoms with Gasteiger partial charge in [-0.1, -0.05) is 20.8 Å². The SMILES string of the molecule is CC(C)(C)C(=O)[C@H](CN)N1C(=O)C=CC1O. The van der Waals surface area contributed by atoms with E-state index < -0.39 is 17.7 Å². The van der Waals surface area contributed by atoms with Crippen LogP contribution in [-0.2, 0) is 9.59 Å². The van der Waals surface area contributed by atoms with Crippen molar-refractivity contribution in [2.75, 3.05) is 6.54 Å². The van der Waals surface area contributed by atoms with Crippen LogP contribution in [0.2, 0.25) is 0 Å². The van der Waals surface area contributed by atoms with Crippen molar-refractivity contribution >= 4 is 11.7 Å². The molecule has 0 aromatic rings. The van der Waals surface area contributed by atoms with E-state index in [-0.39, 0.29) is 18.2 Å². The van der Waals surface area contributed by atoms with Crippen molar-refractivity contribution in [3.8, 4) is 0 Å².